The average molecular weight is 308 g/mol. The van der Waals surface area contributed by atoms with E-state index in [1.54, 1.807) is 0 Å². The molecule has 0 aliphatic heterocycles. The molecule has 2 aromatic carbocycles. The van der Waals surface area contributed by atoms with E-state index in [1.807, 2.05) is 18.2 Å². The second-order valence-corrected chi connectivity index (χ2v) is 3.73. The Morgan fingerprint density at radius 1 is 1.11 bits per heavy atom. The Balaban J connectivity index is 0.000000331. The first kappa shape index (κ1) is 17.2. The van der Waals surface area contributed by atoms with Crippen molar-refractivity contribution >= 4 is 5.97 Å². The van der Waals surface area contributed by atoms with Gasteiger partial charge in [-0.25, -0.2) is 4.79 Å². The molecule has 0 atom stereocenters. The number of aryl methyl sites for hydroxylation is 1. The summed E-state index contributed by atoms with van der Waals surface area (Å²) in [5.74, 6) is -1.62. The van der Waals surface area contributed by atoms with E-state index in [0.717, 1.165) is 5.56 Å². The van der Waals surface area contributed by atoms with Crippen molar-refractivity contribution < 1.29 is 34.5 Å². The second kappa shape index (κ2) is 8.33. The van der Waals surface area contributed by atoms with Crippen molar-refractivity contribution in [3.05, 3.63) is 72.1 Å². The summed E-state index contributed by atoms with van der Waals surface area (Å²) in [6.07, 6.45) is 0. The third kappa shape index (κ3) is 5.58. The molecule has 3 nitrogen and oxygen atoms in total. The van der Waals surface area contributed by atoms with Gasteiger partial charge in [-0.3, -0.25) is 0 Å². The maximum atomic E-state index is 10.7. The van der Waals surface area contributed by atoms with E-state index in [9.17, 15) is 9.90 Å². The first-order chi connectivity index (χ1) is 8.52. The molecule has 4 heteroatoms. The maximum absolute atomic E-state index is 10.7. The molecule has 1 N–H and O–H groups in total. The van der Waals surface area contributed by atoms with E-state index < -0.39 is 11.7 Å². The zero-order valence-electron chi connectivity index (χ0n) is 10.8. The maximum Gasteiger partial charge on any atom is 2.00 e. The molecular formula is C15H14O3Zn. The van der Waals surface area contributed by atoms with Gasteiger partial charge in [0.2, 0.25) is 0 Å². The van der Waals surface area contributed by atoms with Crippen molar-refractivity contribution in [1.82, 2.24) is 0 Å². The van der Waals surface area contributed by atoms with Gasteiger partial charge in [-0.2, -0.15) is 24.1 Å². The van der Waals surface area contributed by atoms with Crippen LogP contribution < -0.4 is 5.11 Å². The Bertz CT molecular complexity index is 517. The van der Waals surface area contributed by atoms with Crippen molar-refractivity contribution in [2.75, 3.05) is 0 Å². The van der Waals surface area contributed by atoms with Crippen molar-refractivity contribution in [3.63, 3.8) is 0 Å². The topological polar surface area (TPSA) is 60.4 Å². The molecule has 0 heterocycles. The second-order valence-electron chi connectivity index (χ2n) is 3.73. The molecule has 0 saturated heterocycles. The number of hydrogen-bond donors (Lipinski definition) is 1. The van der Waals surface area contributed by atoms with Gasteiger partial charge in [0.05, 0.1) is 5.56 Å². The van der Waals surface area contributed by atoms with Gasteiger partial charge in [-0.05, 0) is 6.07 Å². The monoisotopic (exact) mass is 306 g/mol. The predicted molar refractivity (Wildman–Crippen MR) is 68.5 cm³/mol. The molecule has 0 saturated carbocycles. The third-order valence-corrected chi connectivity index (χ3v) is 2.38. The summed E-state index contributed by atoms with van der Waals surface area (Å²) in [6.45, 7) is 5.88. The number of aromatic carboxylic acids is 1. The van der Waals surface area contributed by atoms with Crippen LogP contribution in [-0.4, -0.2) is 11.1 Å². The fourth-order valence-electron chi connectivity index (χ4n) is 1.25. The molecule has 2 rings (SSSR count). The quantitative estimate of drug-likeness (QED) is 0.651. The van der Waals surface area contributed by atoms with Crippen LogP contribution in [-0.2, 0) is 19.5 Å². The normalized spacial score (nSPS) is 8.68. The number of carbonyl (C=O) groups is 1. The van der Waals surface area contributed by atoms with Gasteiger partial charge in [-0.15, -0.1) is 12.1 Å². The molecular weight excluding hydrogens is 294 g/mol. The molecule has 0 aliphatic rings. The fraction of sp³-hybridized carbons (Fsp3) is 0.0667. The van der Waals surface area contributed by atoms with Crippen molar-refractivity contribution in [2.45, 2.75) is 6.92 Å². The fourth-order valence-corrected chi connectivity index (χ4v) is 1.25. The molecule has 2 aromatic rings. The van der Waals surface area contributed by atoms with Crippen molar-refractivity contribution in [3.8, 4) is 5.75 Å². The number of benzene rings is 2. The number of rotatable bonds is 1. The first-order valence-corrected chi connectivity index (χ1v) is 5.39. The summed E-state index contributed by atoms with van der Waals surface area (Å²) < 4.78 is 0. The first-order valence-electron chi connectivity index (χ1n) is 5.39. The van der Waals surface area contributed by atoms with Crippen molar-refractivity contribution in [2.24, 2.45) is 0 Å². The Hall–Kier alpha value is -1.80. The molecule has 0 radical (unpaired) electrons. The van der Waals surface area contributed by atoms with E-state index in [0.29, 0.717) is 0 Å². The van der Waals surface area contributed by atoms with Gasteiger partial charge in [0.25, 0.3) is 0 Å². The van der Waals surface area contributed by atoms with Crippen LogP contribution in [0.2, 0.25) is 0 Å². The van der Waals surface area contributed by atoms with Gasteiger partial charge in [0.1, 0.15) is 0 Å². The van der Waals surface area contributed by atoms with Crippen LogP contribution in [0.1, 0.15) is 21.5 Å². The molecule has 0 unspecified atom stereocenters. The van der Waals surface area contributed by atoms with E-state index in [1.165, 1.54) is 29.8 Å². The van der Waals surface area contributed by atoms with Crippen LogP contribution in [0.15, 0.2) is 48.5 Å². The number of carboxylic acids is 1. The molecule has 0 aromatic heterocycles. The predicted octanol–water partition coefficient (Wildman–Crippen LogP) is 2.63. The molecule has 0 fully saturated rings. The Kier molecular flexibility index (Phi) is 7.54. The molecule has 0 aliphatic carbocycles. The van der Waals surface area contributed by atoms with Gasteiger partial charge >= 0.3 is 25.4 Å². The minimum atomic E-state index is -1.18. The molecule has 94 valence electrons. The van der Waals surface area contributed by atoms with E-state index in [-0.39, 0.29) is 25.0 Å². The van der Waals surface area contributed by atoms with Crippen LogP contribution >= 0.6 is 0 Å². The van der Waals surface area contributed by atoms with E-state index in [2.05, 4.69) is 19.9 Å². The minimum absolute atomic E-state index is 0. The summed E-state index contributed by atoms with van der Waals surface area (Å²) in [6, 6.07) is 13.6. The smallest absolute Gasteiger partial charge is 0.872 e. The van der Waals surface area contributed by atoms with Crippen LogP contribution in [0.4, 0.5) is 0 Å². The molecule has 0 amide bonds. The summed E-state index contributed by atoms with van der Waals surface area (Å²) in [7, 11) is 0. The molecule has 0 bridgehead atoms. The third-order valence-electron chi connectivity index (χ3n) is 2.38. The zero-order chi connectivity index (χ0) is 13.5. The van der Waals surface area contributed by atoms with Crippen LogP contribution in [0.3, 0.4) is 0 Å². The summed E-state index contributed by atoms with van der Waals surface area (Å²) in [5.41, 5.74) is 2.20. The van der Waals surface area contributed by atoms with Gasteiger partial charge in [0, 0.05) is 0 Å². The minimum Gasteiger partial charge on any atom is -0.872 e. The Labute approximate surface area is 125 Å². The summed E-state index contributed by atoms with van der Waals surface area (Å²) in [5, 5.41) is 19.0. The zero-order valence-corrected chi connectivity index (χ0v) is 13.8. The Morgan fingerprint density at radius 3 is 2.00 bits per heavy atom. The van der Waals surface area contributed by atoms with Gasteiger partial charge in [0.15, 0.2) is 0 Å². The summed E-state index contributed by atoms with van der Waals surface area (Å²) in [4.78, 5) is 10.2. The summed E-state index contributed by atoms with van der Waals surface area (Å²) >= 11 is 0. The largest absolute Gasteiger partial charge is 2.00 e. The van der Waals surface area contributed by atoms with E-state index >= 15 is 0 Å². The van der Waals surface area contributed by atoms with Gasteiger partial charge < -0.3 is 10.2 Å². The average Bonchev–Trinajstić information content (AvgIpc) is 2.34. The van der Waals surface area contributed by atoms with Crippen LogP contribution in [0.5, 0.6) is 5.75 Å². The Morgan fingerprint density at radius 2 is 1.63 bits per heavy atom. The van der Waals surface area contributed by atoms with Crippen LogP contribution in [0, 0.1) is 13.8 Å². The van der Waals surface area contributed by atoms with E-state index in [4.69, 9.17) is 5.11 Å². The van der Waals surface area contributed by atoms with Gasteiger partial charge in [-0.1, -0.05) is 36.9 Å². The van der Waals surface area contributed by atoms with Crippen molar-refractivity contribution in [1.29, 1.82) is 0 Å². The number of carboxylic acid groups (broad SMARTS) is 1. The molecule has 19 heavy (non-hydrogen) atoms. The number of para-hydroxylation sites is 1. The standard InChI is InChI=1S/C8H9.C7H6O3.Zn/c1-7-5-3-4-6-8(7)2;8-6-4-2-1-3-5(6)7(9)10;/h3-6H,1H2,2H3;1-4,8H,(H,9,10);/q-1;;+2/p-1. The SMILES string of the molecule is O=C(O)c1ccccc1[O-].[CH2-]c1ccccc1C.[Zn+2]. The molecule has 0 spiro atoms. The number of hydrogen-bond acceptors (Lipinski definition) is 2. The van der Waals surface area contributed by atoms with Crippen LogP contribution in [0.25, 0.3) is 0 Å².